The molecule has 0 radical (unpaired) electrons. The molecule has 3 aromatic rings. The Labute approximate surface area is 181 Å². The molecule has 0 spiro atoms. The number of rotatable bonds is 3. The summed E-state index contributed by atoms with van der Waals surface area (Å²) >= 11 is 0. The Morgan fingerprint density at radius 1 is 1.19 bits per heavy atom. The molecule has 4 rings (SSSR count). The van der Waals surface area contributed by atoms with E-state index in [0.717, 1.165) is 12.8 Å². The lowest BCUT2D eigenvalue weighted by molar-refractivity contribution is 0.0186. The highest BCUT2D eigenvalue weighted by Crippen LogP contribution is 2.31. The highest BCUT2D eigenvalue weighted by Gasteiger charge is 2.29. The van der Waals surface area contributed by atoms with Crippen LogP contribution < -0.4 is 4.74 Å². The van der Waals surface area contributed by atoms with Crippen molar-refractivity contribution in [2.75, 3.05) is 13.1 Å². The first kappa shape index (κ1) is 20.7. The van der Waals surface area contributed by atoms with Crippen LogP contribution in [0.5, 0.6) is 11.6 Å². The molecule has 160 valence electrons. The lowest BCUT2D eigenvalue weighted by Gasteiger charge is -2.33. The van der Waals surface area contributed by atoms with E-state index in [1.54, 1.807) is 17.2 Å². The van der Waals surface area contributed by atoms with E-state index < -0.39 is 5.60 Å². The van der Waals surface area contributed by atoms with E-state index in [0.29, 0.717) is 41.3 Å². The number of hydrogen-bond donors (Lipinski definition) is 0. The van der Waals surface area contributed by atoms with Gasteiger partial charge in [-0.15, -0.1) is 6.42 Å². The summed E-state index contributed by atoms with van der Waals surface area (Å²) in [6.45, 7) is 6.81. The Bertz CT molecular complexity index is 1130. The zero-order valence-electron chi connectivity index (χ0n) is 17.9. The fourth-order valence-electron chi connectivity index (χ4n) is 3.59. The van der Waals surface area contributed by atoms with Gasteiger partial charge in [0.25, 0.3) is 0 Å². The second-order valence-electron chi connectivity index (χ2n) is 8.45. The molecule has 1 aliphatic rings. The quantitative estimate of drug-likeness (QED) is 0.593. The first-order valence-corrected chi connectivity index (χ1v) is 10.3. The molecule has 1 aliphatic heterocycles. The van der Waals surface area contributed by atoms with Crippen LogP contribution in [-0.2, 0) is 4.74 Å². The summed E-state index contributed by atoms with van der Waals surface area (Å²) in [6.07, 6.45) is 9.99. The van der Waals surface area contributed by atoms with E-state index in [1.807, 2.05) is 43.7 Å². The minimum absolute atomic E-state index is 0.122. The molecular weight excluding hydrogens is 394 g/mol. The SMILES string of the molecule is C#Cc1ccccc1Oc1ncnc2c1cnn2C1CCN(C(=O)OC(C)(C)C)CC1. The Morgan fingerprint density at radius 2 is 1.94 bits per heavy atom. The molecule has 0 N–H and O–H groups in total. The summed E-state index contributed by atoms with van der Waals surface area (Å²) in [5.41, 5.74) is 0.840. The van der Waals surface area contributed by atoms with E-state index in [1.165, 1.54) is 6.33 Å². The van der Waals surface area contributed by atoms with Crippen LogP contribution in [0.25, 0.3) is 11.0 Å². The number of amides is 1. The maximum Gasteiger partial charge on any atom is 0.410 e. The second kappa shape index (κ2) is 8.26. The van der Waals surface area contributed by atoms with E-state index in [4.69, 9.17) is 15.9 Å². The van der Waals surface area contributed by atoms with Crippen LogP contribution in [-0.4, -0.2) is 49.4 Å². The first-order chi connectivity index (χ1) is 14.9. The van der Waals surface area contributed by atoms with Gasteiger partial charge in [0, 0.05) is 13.1 Å². The van der Waals surface area contributed by atoms with E-state index in [-0.39, 0.29) is 12.1 Å². The summed E-state index contributed by atoms with van der Waals surface area (Å²) in [5, 5.41) is 5.26. The smallest absolute Gasteiger partial charge is 0.410 e. The predicted octanol–water partition coefficient (Wildman–Crippen LogP) is 4.17. The van der Waals surface area contributed by atoms with Crippen molar-refractivity contribution in [2.24, 2.45) is 0 Å². The van der Waals surface area contributed by atoms with Gasteiger partial charge in [0.05, 0.1) is 17.8 Å². The molecule has 2 aromatic heterocycles. The molecule has 8 heteroatoms. The number of benzene rings is 1. The molecule has 1 saturated heterocycles. The number of fused-ring (bicyclic) bond motifs is 1. The maximum absolute atomic E-state index is 12.3. The van der Waals surface area contributed by atoms with Crippen molar-refractivity contribution in [2.45, 2.75) is 45.3 Å². The monoisotopic (exact) mass is 419 g/mol. The number of hydrogen-bond acceptors (Lipinski definition) is 6. The van der Waals surface area contributed by atoms with E-state index in [9.17, 15) is 4.79 Å². The van der Waals surface area contributed by atoms with Crippen molar-refractivity contribution in [3.05, 3.63) is 42.4 Å². The van der Waals surface area contributed by atoms with Gasteiger partial charge < -0.3 is 14.4 Å². The van der Waals surface area contributed by atoms with Crippen LogP contribution in [0.3, 0.4) is 0 Å². The topological polar surface area (TPSA) is 82.4 Å². The zero-order valence-corrected chi connectivity index (χ0v) is 17.9. The van der Waals surface area contributed by atoms with Crippen LogP contribution in [0.2, 0.25) is 0 Å². The molecule has 0 unspecified atom stereocenters. The summed E-state index contributed by atoms with van der Waals surface area (Å²) in [4.78, 5) is 22.8. The number of likely N-dealkylation sites (tertiary alicyclic amines) is 1. The van der Waals surface area contributed by atoms with Crippen LogP contribution in [0, 0.1) is 12.3 Å². The molecular formula is C23H25N5O3. The van der Waals surface area contributed by atoms with Gasteiger partial charge in [0.15, 0.2) is 5.65 Å². The van der Waals surface area contributed by atoms with Crippen molar-refractivity contribution < 1.29 is 14.3 Å². The molecule has 31 heavy (non-hydrogen) atoms. The van der Waals surface area contributed by atoms with Gasteiger partial charge in [0.2, 0.25) is 5.88 Å². The van der Waals surface area contributed by atoms with Gasteiger partial charge in [-0.1, -0.05) is 18.1 Å². The molecule has 0 atom stereocenters. The summed E-state index contributed by atoms with van der Waals surface area (Å²) in [5.74, 6) is 3.58. The standard InChI is InChI=1S/C23H25N5O3/c1-5-16-8-6-7-9-19(16)30-21-18-14-26-28(20(18)24-15-25-21)17-10-12-27(13-11-17)22(29)31-23(2,3)4/h1,6-9,14-15,17H,10-13H2,2-4H3. The molecule has 0 saturated carbocycles. The van der Waals surface area contributed by atoms with E-state index in [2.05, 4.69) is 21.0 Å². The highest BCUT2D eigenvalue weighted by atomic mass is 16.6. The summed E-state index contributed by atoms with van der Waals surface area (Å²) < 4.78 is 13.4. The normalized spacial score (nSPS) is 15.0. The Kier molecular flexibility index (Phi) is 5.51. The van der Waals surface area contributed by atoms with Gasteiger partial charge in [-0.3, -0.25) is 0 Å². The van der Waals surface area contributed by atoms with Gasteiger partial charge in [0.1, 0.15) is 23.1 Å². The minimum atomic E-state index is -0.503. The lowest BCUT2D eigenvalue weighted by Crippen LogP contribution is -2.42. The van der Waals surface area contributed by atoms with Crippen LogP contribution >= 0.6 is 0 Å². The average molecular weight is 419 g/mol. The Hall–Kier alpha value is -3.60. The number of carbonyl (C=O) groups is 1. The summed E-state index contributed by atoms with van der Waals surface area (Å²) in [7, 11) is 0. The number of terminal acetylenes is 1. The average Bonchev–Trinajstić information content (AvgIpc) is 3.18. The number of carbonyl (C=O) groups excluding carboxylic acids is 1. The fourth-order valence-corrected chi connectivity index (χ4v) is 3.59. The molecule has 1 amide bonds. The van der Waals surface area contributed by atoms with Gasteiger partial charge in [-0.25, -0.2) is 19.4 Å². The largest absolute Gasteiger partial charge is 0.444 e. The van der Waals surface area contributed by atoms with E-state index >= 15 is 0 Å². The van der Waals surface area contributed by atoms with Crippen molar-refractivity contribution in [1.29, 1.82) is 0 Å². The number of aromatic nitrogens is 4. The lowest BCUT2D eigenvalue weighted by atomic mass is 10.1. The Morgan fingerprint density at radius 3 is 2.65 bits per heavy atom. The second-order valence-corrected chi connectivity index (χ2v) is 8.45. The fraction of sp³-hybridized carbons (Fsp3) is 0.391. The third kappa shape index (κ3) is 4.45. The molecule has 0 aliphatic carbocycles. The van der Waals surface area contributed by atoms with Crippen molar-refractivity contribution in [3.8, 4) is 24.0 Å². The number of ether oxygens (including phenoxy) is 2. The first-order valence-electron chi connectivity index (χ1n) is 10.3. The van der Waals surface area contributed by atoms with Crippen LogP contribution in [0.1, 0.15) is 45.2 Å². The molecule has 3 heterocycles. The van der Waals surface area contributed by atoms with Crippen LogP contribution in [0.15, 0.2) is 36.8 Å². The third-order valence-electron chi connectivity index (χ3n) is 5.07. The third-order valence-corrected chi connectivity index (χ3v) is 5.07. The molecule has 1 fully saturated rings. The maximum atomic E-state index is 12.3. The number of piperidine rings is 1. The molecule has 0 bridgehead atoms. The molecule has 8 nitrogen and oxygen atoms in total. The minimum Gasteiger partial charge on any atom is -0.444 e. The number of para-hydroxylation sites is 1. The van der Waals surface area contributed by atoms with Gasteiger partial charge in [-0.05, 0) is 45.7 Å². The zero-order chi connectivity index (χ0) is 22.0. The van der Waals surface area contributed by atoms with Crippen LogP contribution in [0.4, 0.5) is 4.79 Å². The van der Waals surface area contributed by atoms with Crippen molar-refractivity contribution in [1.82, 2.24) is 24.6 Å². The predicted molar refractivity (Wildman–Crippen MR) is 116 cm³/mol. The van der Waals surface area contributed by atoms with Crippen molar-refractivity contribution >= 4 is 17.1 Å². The van der Waals surface area contributed by atoms with Crippen molar-refractivity contribution in [3.63, 3.8) is 0 Å². The summed E-state index contributed by atoms with van der Waals surface area (Å²) in [6, 6.07) is 7.46. The number of nitrogens with zero attached hydrogens (tertiary/aromatic N) is 5. The van der Waals surface area contributed by atoms with Gasteiger partial charge >= 0.3 is 6.09 Å². The molecule has 1 aromatic carbocycles. The highest BCUT2D eigenvalue weighted by molar-refractivity contribution is 5.80. The van der Waals surface area contributed by atoms with Gasteiger partial charge in [-0.2, -0.15) is 5.10 Å². The Balaban J connectivity index is 1.51.